The van der Waals surface area contributed by atoms with Gasteiger partial charge in [-0.1, -0.05) is 12.1 Å². The zero-order valence-corrected chi connectivity index (χ0v) is 15.1. The molecule has 0 aliphatic carbocycles. The third-order valence-electron chi connectivity index (χ3n) is 4.29. The van der Waals surface area contributed by atoms with Gasteiger partial charge in [0.25, 0.3) is 0 Å². The van der Waals surface area contributed by atoms with E-state index in [1.54, 1.807) is 30.5 Å². The van der Waals surface area contributed by atoms with Crippen LogP contribution >= 0.6 is 0 Å². The van der Waals surface area contributed by atoms with Crippen molar-refractivity contribution < 1.29 is 4.74 Å². The second-order valence-electron chi connectivity index (χ2n) is 6.10. The van der Waals surface area contributed by atoms with E-state index in [0.717, 1.165) is 22.7 Å². The fraction of sp³-hybridized carbons (Fsp3) is 0.211. The van der Waals surface area contributed by atoms with Crippen LogP contribution in [0.4, 0.5) is 0 Å². The summed E-state index contributed by atoms with van der Waals surface area (Å²) in [5.41, 5.74) is 1.94. The summed E-state index contributed by atoms with van der Waals surface area (Å²) in [4.78, 5) is 13.0. The van der Waals surface area contributed by atoms with Crippen molar-refractivity contribution in [1.29, 1.82) is 0 Å². The monoisotopic (exact) mass is 361 g/mol. The van der Waals surface area contributed by atoms with Crippen molar-refractivity contribution in [2.45, 2.75) is 19.5 Å². The number of methoxy groups -OCH3 is 1. The van der Waals surface area contributed by atoms with Crippen LogP contribution in [0.15, 0.2) is 61.4 Å². The Bertz CT molecular complexity index is 1010. The van der Waals surface area contributed by atoms with Crippen LogP contribution in [0.25, 0.3) is 11.4 Å². The first-order valence-electron chi connectivity index (χ1n) is 8.57. The van der Waals surface area contributed by atoms with Gasteiger partial charge in [-0.3, -0.25) is 4.98 Å². The average molecular weight is 361 g/mol. The van der Waals surface area contributed by atoms with Crippen molar-refractivity contribution in [3.63, 3.8) is 0 Å². The predicted octanol–water partition coefficient (Wildman–Crippen LogP) is 2.60. The number of hydrogen-bond acceptors (Lipinski definition) is 6. The minimum absolute atomic E-state index is 0.115. The van der Waals surface area contributed by atoms with Crippen molar-refractivity contribution in [2.24, 2.45) is 0 Å². The van der Waals surface area contributed by atoms with Crippen LogP contribution in [-0.4, -0.2) is 41.6 Å². The molecule has 4 rings (SSSR count). The van der Waals surface area contributed by atoms with E-state index in [1.165, 1.54) is 6.33 Å². The van der Waals surface area contributed by atoms with Gasteiger partial charge in [0.15, 0.2) is 11.6 Å². The Kier molecular flexibility index (Phi) is 4.61. The summed E-state index contributed by atoms with van der Waals surface area (Å²) < 4.78 is 8.98. The van der Waals surface area contributed by atoms with Crippen LogP contribution in [0, 0.1) is 0 Å². The normalized spacial score (nSPS) is 12.1. The van der Waals surface area contributed by atoms with Gasteiger partial charge in [-0.2, -0.15) is 10.2 Å². The molecule has 27 heavy (non-hydrogen) atoms. The van der Waals surface area contributed by atoms with E-state index in [2.05, 4.69) is 15.1 Å². The molecule has 0 saturated carbocycles. The second-order valence-corrected chi connectivity index (χ2v) is 6.10. The highest BCUT2D eigenvalue weighted by atomic mass is 16.5. The molecule has 8 heteroatoms. The predicted molar refractivity (Wildman–Crippen MR) is 99.2 cm³/mol. The lowest BCUT2D eigenvalue weighted by Crippen LogP contribution is -2.15. The van der Waals surface area contributed by atoms with Gasteiger partial charge in [0.2, 0.25) is 0 Å². The van der Waals surface area contributed by atoms with Crippen molar-refractivity contribution in [3.8, 4) is 17.1 Å². The summed E-state index contributed by atoms with van der Waals surface area (Å²) >= 11 is 0. The van der Waals surface area contributed by atoms with Gasteiger partial charge in [-0.25, -0.2) is 19.3 Å². The third kappa shape index (κ3) is 3.55. The smallest absolute Gasteiger partial charge is 0.183 e. The van der Waals surface area contributed by atoms with Gasteiger partial charge in [-0.05, 0) is 36.8 Å². The molecule has 8 nitrogen and oxygen atoms in total. The molecule has 1 atom stereocenters. The number of benzene rings is 1. The molecule has 0 radical (unpaired) electrons. The maximum Gasteiger partial charge on any atom is 0.183 e. The Balaban J connectivity index is 1.74. The minimum atomic E-state index is -0.115. The highest BCUT2D eigenvalue weighted by Gasteiger charge is 2.19. The lowest BCUT2D eigenvalue weighted by atomic mass is 10.2. The number of rotatable bonds is 6. The maximum atomic E-state index is 5.33. The SMILES string of the molecule is COc1cccc(Cn2nc(-c3cccnc3)nc2C(C)n2cncn2)c1. The summed E-state index contributed by atoms with van der Waals surface area (Å²) in [6.45, 7) is 2.59. The first-order valence-corrected chi connectivity index (χ1v) is 8.57. The van der Waals surface area contributed by atoms with E-state index in [1.807, 2.05) is 48.0 Å². The van der Waals surface area contributed by atoms with Crippen molar-refractivity contribution in [1.82, 2.24) is 34.5 Å². The molecule has 0 N–H and O–H groups in total. The third-order valence-corrected chi connectivity index (χ3v) is 4.29. The zero-order valence-electron chi connectivity index (χ0n) is 15.1. The molecule has 1 aromatic carbocycles. The Hall–Kier alpha value is -3.55. The molecule has 4 aromatic rings. The lowest BCUT2D eigenvalue weighted by Gasteiger charge is -2.13. The van der Waals surface area contributed by atoms with E-state index in [-0.39, 0.29) is 6.04 Å². The van der Waals surface area contributed by atoms with E-state index in [0.29, 0.717) is 12.4 Å². The van der Waals surface area contributed by atoms with Gasteiger partial charge >= 0.3 is 0 Å². The summed E-state index contributed by atoms with van der Waals surface area (Å²) in [7, 11) is 1.66. The van der Waals surface area contributed by atoms with Gasteiger partial charge in [0.1, 0.15) is 24.4 Å². The molecule has 1 unspecified atom stereocenters. The number of pyridine rings is 1. The minimum Gasteiger partial charge on any atom is -0.497 e. The van der Waals surface area contributed by atoms with E-state index < -0.39 is 0 Å². The van der Waals surface area contributed by atoms with Crippen LogP contribution in [0.1, 0.15) is 24.4 Å². The molecular weight excluding hydrogens is 342 g/mol. The van der Waals surface area contributed by atoms with E-state index in [4.69, 9.17) is 14.8 Å². The summed E-state index contributed by atoms with van der Waals surface area (Å²) in [6.07, 6.45) is 6.69. The molecule has 0 aliphatic rings. The molecule has 3 aromatic heterocycles. The first-order chi connectivity index (χ1) is 13.2. The average Bonchev–Trinajstić information content (AvgIpc) is 3.39. The summed E-state index contributed by atoms with van der Waals surface area (Å²) in [5.74, 6) is 2.24. The highest BCUT2D eigenvalue weighted by Crippen LogP contribution is 2.22. The highest BCUT2D eigenvalue weighted by molar-refractivity contribution is 5.52. The molecule has 0 spiro atoms. The molecule has 0 aliphatic heterocycles. The van der Waals surface area contributed by atoms with Crippen LogP contribution in [-0.2, 0) is 6.54 Å². The van der Waals surface area contributed by atoms with Crippen LogP contribution in [0.2, 0.25) is 0 Å². The Morgan fingerprint density at radius 2 is 2.07 bits per heavy atom. The maximum absolute atomic E-state index is 5.33. The largest absolute Gasteiger partial charge is 0.497 e. The first kappa shape index (κ1) is 16.9. The molecule has 0 fully saturated rings. The molecule has 0 saturated heterocycles. The molecule has 3 heterocycles. The van der Waals surface area contributed by atoms with Crippen LogP contribution < -0.4 is 4.74 Å². The van der Waals surface area contributed by atoms with Gasteiger partial charge in [0.05, 0.1) is 13.7 Å². The van der Waals surface area contributed by atoms with Gasteiger partial charge in [0, 0.05) is 18.0 Å². The summed E-state index contributed by atoms with van der Waals surface area (Å²) in [5, 5.41) is 8.97. The molecule has 136 valence electrons. The molecule has 0 bridgehead atoms. The van der Waals surface area contributed by atoms with Crippen molar-refractivity contribution in [2.75, 3.05) is 7.11 Å². The fourth-order valence-electron chi connectivity index (χ4n) is 2.88. The Morgan fingerprint density at radius 1 is 1.15 bits per heavy atom. The topological polar surface area (TPSA) is 83.5 Å². The van der Waals surface area contributed by atoms with Crippen LogP contribution in [0.3, 0.4) is 0 Å². The van der Waals surface area contributed by atoms with E-state index in [9.17, 15) is 0 Å². The fourth-order valence-corrected chi connectivity index (χ4v) is 2.88. The van der Waals surface area contributed by atoms with Gasteiger partial charge < -0.3 is 4.74 Å². The Morgan fingerprint density at radius 3 is 2.81 bits per heavy atom. The van der Waals surface area contributed by atoms with Crippen molar-refractivity contribution >= 4 is 0 Å². The lowest BCUT2D eigenvalue weighted by molar-refractivity contribution is 0.414. The number of nitrogens with zero attached hydrogens (tertiary/aromatic N) is 7. The number of hydrogen-bond donors (Lipinski definition) is 0. The van der Waals surface area contributed by atoms with Gasteiger partial charge in [-0.15, -0.1) is 0 Å². The number of aromatic nitrogens is 7. The number of ether oxygens (including phenoxy) is 1. The standard InChI is InChI=1S/C19H19N7O/c1-14(26-13-21-12-22-26)19-23-18(16-6-4-8-20-10-16)24-25(19)11-15-5-3-7-17(9-15)27-2/h3-10,12-14H,11H2,1-2H3. The Labute approximate surface area is 156 Å². The van der Waals surface area contributed by atoms with E-state index >= 15 is 0 Å². The van der Waals surface area contributed by atoms with Crippen molar-refractivity contribution in [3.05, 3.63) is 72.8 Å². The second kappa shape index (κ2) is 7.36. The molecular formula is C19H19N7O. The van der Waals surface area contributed by atoms with Crippen LogP contribution in [0.5, 0.6) is 5.75 Å². The summed E-state index contributed by atoms with van der Waals surface area (Å²) in [6, 6.07) is 11.6. The quantitative estimate of drug-likeness (QED) is 0.525. The molecule has 0 amide bonds. The zero-order chi connectivity index (χ0) is 18.6.